The van der Waals surface area contributed by atoms with Gasteiger partial charge in [-0.1, -0.05) is 17.7 Å². The van der Waals surface area contributed by atoms with Crippen molar-refractivity contribution in [1.82, 2.24) is 0 Å². The molecule has 0 spiro atoms. The molecule has 114 valence electrons. The van der Waals surface area contributed by atoms with Gasteiger partial charge in [0.2, 0.25) is 0 Å². The lowest BCUT2D eigenvalue weighted by Gasteiger charge is -2.05. The first-order valence-electron chi connectivity index (χ1n) is 6.18. The molecule has 0 aliphatic heterocycles. The maximum absolute atomic E-state index is 11.6. The Morgan fingerprint density at radius 1 is 1.32 bits per heavy atom. The molecule has 0 unspecified atom stereocenters. The fourth-order valence-corrected chi connectivity index (χ4v) is 3.03. The van der Waals surface area contributed by atoms with Crippen molar-refractivity contribution in [2.45, 2.75) is 0 Å². The van der Waals surface area contributed by atoms with Gasteiger partial charge in [-0.15, -0.1) is 11.3 Å². The number of rotatable bonds is 5. The number of esters is 1. The number of hydrogen-bond acceptors (Lipinski definition) is 4. The quantitative estimate of drug-likeness (QED) is 0.599. The molecule has 1 aromatic carbocycles. The van der Waals surface area contributed by atoms with Gasteiger partial charge in [0.05, 0.1) is 3.79 Å². The Morgan fingerprint density at radius 3 is 2.82 bits per heavy atom. The highest BCUT2D eigenvalue weighted by atomic mass is 79.9. The molecule has 2 rings (SSSR count). The minimum Gasteiger partial charge on any atom is -0.452 e. The highest BCUT2D eigenvalue weighted by Crippen LogP contribution is 2.22. The molecule has 2 aromatic rings. The summed E-state index contributed by atoms with van der Waals surface area (Å²) in [5.74, 6) is -1.01. The van der Waals surface area contributed by atoms with Gasteiger partial charge in [0, 0.05) is 21.7 Å². The van der Waals surface area contributed by atoms with Gasteiger partial charge in [-0.25, -0.2) is 4.79 Å². The molecule has 22 heavy (non-hydrogen) atoms. The maximum Gasteiger partial charge on any atom is 0.331 e. The molecule has 0 aliphatic rings. The fourth-order valence-electron chi connectivity index (χ4n) is 1.52. The summed E-state index contributed by atoms with van der Waals surface area (Å²) in [6.07, 6.45) is 2.91. The molecule has 7 heteroatoms. The van der Waals surface area contributed by atoms with Gasteiger partial charge in [-0.05, 0) is 52.3 Å². The van der Waals surface area contributed by atoms with Crippen LogP contribution in [0.3, 0.4) is 0 Å². The van der Waals surface area contributed by atoms with E-state index >= 15 is 0 Å². The van der Waals surface area contributed by atoms with Crippen LogP contribution in [-0.2, 0) is 14.3 Å². The Bertz CT molecular complexity index is 714. The SMILES string of the molecule is O=C(COC(=O)/C=C/c1ccc(Br)s1)Nc1cccc(Cl)c1. The molecule has 0 bridgehead atoms. The van der Waals surface area contributed by atoms with Gasteiger partial charge in [-0.2, -0.15) is 0 Å². The van der Waals surface area contributed by atoms with Crippen molar-refractivity contribution < 1.29 is 14.3 Å². The Labute approximate surface area is 144 Å². The van der Waals surface area contributed by atoms with Gasteiger partial charge >= 0.3 is 5.97 Å². The molecule has 0 radical (unpaired) electrons. The van der Waals surface area contributed by atoms with Crippen LogP contribution < -0.4 is 5.32 Å². The molecule has 0 fully saturated rings. The van der Waals surface area contributed by atoms with Crippen LogP contribution in [0.5, 0.6) is 0 Å². The number of halogens is 2. The summed E-state index contributed by atoms with van der Waals surface area (Å²) in [5, 5.41) is 3.10. The molecule has 4 nitrogen and oxygen atoms in total. The summed E-state index contributed by atoms with van der Waals surface area (Å²) in [7, 11) is 0. The Kier molecular flexibility index (Phi) is 6.18. The highest BCUT2D eigenvalue weighted by Gasteiger charge is 2.06. The first kappa shape index (κ1) is 16.7. The van der Waals surface area contributed by atoms with Crippen molar-refractivity contribution in [1.29, 1.82) is 0 Å². The minimum atomic E-state index is -0.578. The Morgan fingerprint density at radius 2 is 2.14 bits per heavy atom. The molecular weight excluding hydrogens is 390 g/mol. The summed E-state index contributed by atoms with van der Waals surface area (Å²) < 4.78 is 5.83. The maximum atomic E-state index is 11.6. The zero-order valence-corrected chi connectivity index (χ0v) is 14.4. The number of benzene rings is 1. The van der Waals surface area contributed by atoms with Crippen molar-refractivity contribution in [3.63, 3.8) is 0 Å². The lowest BCUT2D eigenvalue weighted by Crippen LogP contribution is -2.20. The summed E-state index contributed by atoms with van der Waals surface area (Å²) in [4.78, 5) is 24.1. The summed E-state index contributed by atoms with van der Waals surface area (Å²) in [5.41, 5.74) is 0.549. The predicted octanol–water partition coefficient (Wildman–Crippen LogP) is 4.36. The van der Waals surface area contributed by atoms with Crippen LogP contribution in [-0.4, -0.2) is 18.5 Å². The average Bonchev–Trinajstić information content (AvgIpc) is 2.89. The Balaban J connectivity index is 1.78. The molecule has 0 aliphatic carbocycles. The van der Waals surface area contributed by atoms with Crippen molar-refractivity contribution in [3.8, 4) is 0 Å². The molecular formula is C15H11BrClNO3S. The lowest BCUT2D eigenvalue weighted by atomic mass is 10.3. The molecule has 1 heterocycles. The number of carbonyl (C=O) groups excluding carboxylic acids is 2. The van der Waals surface area contributed by atoms with Crippen LogP contribution in [0, 0.1) is 0 Å². The minimum absolute atomic E-state index is 0.357. The monoisotopic (exact) mass is 399 g/mol. The number of amides is 1. The Hall–Kier alpha value is -1.63. The third-order valence-electron chi connectivity index (χ3n) is 2.43. The van der Waals surface area contributed by atoms with Crippen LogP contribution in [0.25, 0.3) is 6.08 Å². The normalized spacial score (nSPS) is 10.6. The highest BCUT2D eigenvalue weighted by molar-refractivity contribution is 9.11. The smallest absolute Gasteiger partial charge is 0.331 e. The molecule has 0 atom stereocenters. The third-order valence-corrected chi connectivity index (χ3v) is 4.26. The first-order chi connectivity index (χ1) is 10.5. The number of carbonyl (C=O) groups is 2. The topological polar surface area (TPSA) is 55.4 Å². The van der Waals surface area contributed by atoms with E-state index in [1.54, 1.807) is 30.3 Å². The van der Waals surface area contributed by atoms with E-state index in [2.05, 4.69) is 21.2 Å². The predicted molar refractivity (Wildman–Crippen MR) is 92.1 cm³/mol. The van der Waals surface area contributed by atoms with Gasteiger partial charge in [0.15, 0.2) is 6.61 Å². The number of hydrogen-bond donors (Lipinski definition) is 1. The van der Waals surface area contributed by atoms with Gasteiger partial charge in [-0.3, -0.25) is 4.79 Å². The van der Waals surface area contributed by atoms with E-state index in [4.69, 9.17) is 16.3 Å². The van der Waals surface area contributed by atoms with Crippen LogP contribution >= 0.6 is 38.9 Å². The van der Waals surface area contributed by atoms with E-state index in [1.165, 1.54) is 17.4 Å². The summed E-state index contributed by atoms with van der Waals surface area (Å²) >= 11 is 10.6. The van der Waals surface area contributed by atoms with Crippen molar-refractivity contribution in [2.24, 2.45) is 0 Å². The second-order valence-electron chi connectivity index (χ2n) is 4.14. The zero-order chi connectivity index (χ0) is 15.9. The number of thiophene rings is 1. The van der Waals surface area contributed by atoms with E-state index in [0.717, 1.165) is 8.66 Å². The van der Waals surface area contributed by atoms with Crippen LogP contribution in [0.1, 0.15) is 4.88 Å². The molecule has 1 N–H and O–H groups in total. The van der Waals surface area contributed by atoms with E-state index in [9.17, 15) is 9.59 Å². The molecule has 0 saturated carbocycles. The lowest BCUT2D eigenvalue weighted by molar-refractivity contribution is -0.142. The fraction of sp³-hybridized carbons (Fsp3) is 0.0667. The van der Waals surface area contributed by atoms with Gasteiger partial charge < -0.3 is 10.1 Å². The summed E-state index contributed by atoms with van der Waals surface area (Å²) in [6.45, 7) is -0.357. The zero-order valence-electron chi connectivity index (χ0n) is 11.2. The van der Waals surface area contributed by atoms with Crippen molar-refractivity contribution >= 4 is 62.5 Å². The molecule has 1 amide bonds. The van der Waals surface area contributed by atoms with Gasteiger partial charge in [0.25, 0.3) is 5.91 Å². The van der Waals surface area contributed by atoms with Crippen LogP contribution in [0.15, 0.2) is 46.3 Å². The van der Waals surface area contributed by atoms with E-state index in [1.807, 2.05) is 12.1 Å². The van der Waals surface area contributed by atoms with Crippen molar-refractivity contribution in [2.75, 3.05) is 11.9 Å². The van der Waals surface area contributed by atoms with E-state index < -0.39 is 11.9 Å². The largest absolute Gasteiger partial charge is 0.452 e. The van der Waals surface area contributed by atoms with Gasteiger partial charge in [0.1, 0.15) is 0 Å². The van der Waals surface area contributed by atoms with Crippen molar-refractivity contribution in [3.05, 3.63) is 56.2 Å². The average molecular weight is 401 g/mol. The van der Waals surface area contributed by atoms with E-state index in [-0.39, 0.29) is 6.61 Å². The van der Waals surface area contributed by atoms with Crippen LogP contribution in [0.4, 0.5) is 5.69 Å². The number of nitrogens with one attached hydrogen (secondary N) is 1. The van der Waals surface area contributed by atoms with E-state index in [0.29, 0.717) is 10.7 Å². The summed E-state index contributed by atoms with van der Waals surface area (Å²) in [6, 6.07) is 10.5. The van der Waals surface area contributed by atoms with Crippen LogP contribution in [0.2, 0.25) is 5.02 Å². The third kappa shape index (κ3) is 5.63. The molecule has 0 saturated heterocycles. The second kappa shape index (κ2) is 8.12. The second-order valence-corrected chi connectivity index (χ2v) is 7.07. The number of ether oxygens (including phenoxy) is 1. The first-order valence-corrected chi connectivity index (χ1v) is 8.17. The standard InChI is InChI=1S/C15H11BrClNO3S/c16-13-6-4-12(22-13)5-7-15(20)21-9-14(19)18-11-3-1-2-10(17)8-11/h1-8H,9H2,(H,18,19)/b7-5+. The number of anilines is 1. The molecule has 1 aromatic heterocycles.